The van der Waals surface area contributed by atoms with Gasteiger partial charge < -0.3 is 0 Å². The van der Waals surface area contributed by atoms with Crippen molar-refractivity contribution < 1.29 is 9.47 Å². The zero-order valence-electron chi connectivity index (χ0n) is 7.38. The summed E-state index contributed by atoms with van der Waals surface area (Å²) < 4.78 is 11.4. The molecule has 2 heteroatoms. The van der Waals surface area contributed by atoms with E-state index in [0.717, 1.165) is 5.56 Å². The van der Waals surface area contributed by atoms with Crippen LogP contribution in [0.5, 0.6) is 0 Å². The Morgan fingerprint density at radius 2 is 1.83 bits per heavy atom. The number of hydrogen-bond acceptors (Lipinski definition) is 1. The summed E-state index contributed by atoms with van der Waals surface area (Å²) in [5.74, 6) is 0.519. The van der Waals surface area contributed by atoms with Gasteiger partial charge in [-0.25, -0.2) is 0 Å². The van der Waals surface area contributed by atoms with E-state index in [-0.39, 0.29) is 6.61 Å². The maximum Gasteiger partial charge on any atom is 0.113 e. The molecule has 1 aromatic rings. The van der Waals surface area contributed by atoms with E-state index in [1.807, 2.05) is 24.3 Å². The van der Waals surface area contributed by atoms with Crippen LogP contribution in [0.25, 0.3) is 0 Å². The van der Waals surface area contributed by atoms with E-state index < -0.39 is 0 Å². The summed E-state index contributed by atoms with van der Waals surface area (Å²) in [7, 11) is 0. The minimum Gasteiger partial charge on any atom is -0.189 e. The Balaban J connectivity index is 2.71. The second kappa shape index (κ2) is 4.21. The van der Waals surface area contributed by atoms with Crippen molar-refractivity contribution in [2.24, 2.45) is 0 Å². The number of hydrogen-bond donors (Lipinski definition) is 0. The first-order chi connectivity index (χ1) is 5.74. The van der Waals surface area contributed by atoms with E-state index in [0.29, 0.717) is 5.92 Å². The highest BCUT2D eigenvalue weighted by molar-refractivity contribution is 5.24. The second-order valence-electron chi connectivity index (χ2n) is 3.15. The van der Waals surface area contributed by atoms with Crippen molar-refractivity contribution in [3.05, 3.63) is 35.4 Å². The molecule has 1 nitrogen and oxygen atoms in total. The molecule has 0 aliphatic carbocycles. The predicted molar refractivity (Wildman–Crippen MR) is 46.4 cm³/mol. The highest BCUT2D eigenvalue weighted by Crippen LogP contribution is 2.14. The Morgan fingerprint density at radius 1 is 1.25 bits per heavy atom. The molecule has 0 aliphatic heterocycles. The smallest absolute Gasteiger partial charge is 0.113 e. The van der Waals surface area contributed by atoms with Gasteiger partial charge in [0.05, 0.1) is 0 Å². The highest BCUT2D eigenvalue weighted by atomic mass is 19.3. The average Bonchev–Trinajstić information content (AvgIpc) is 2.06. The summed E-state index contributed by atoms with van der Waals surface area (Å²) in [6.45, 7) is 4.29. The van der Waals surface area contributed by atoms with Gasteiger partial charge in [-0.3, -0.25) is 0 Å². The van der Waals surface area contributed by atoms with E-state index in [2.05, 4.69) is 18.8 Å². The largest absolute Gasteiger partial charge is 0.189 e. The minimum atomic E-state index is 0.0401. The number of halogens is 1. The quantitative estimate of drug-likeness (QED) is 0.673. The molecule has 0 amide bonds. The average molecular weight is 168 g/mol. The molecule has 0 saturated heterocycles. The fraction of sp³-hybridized carbons (Fsp3) is 0.400. The first kappa shape index (κ1) is 9.20. The molecule has 0 N–H and O–H groups in total. The summed E-state index contributed by atoms with van der Waals surface area (Å²) >= 11 is 0. The van der Waals surface area contributed by atoms with E-state index in [1.165, 1.54) is 5.56 Å². The zero-order valence-corrected chi connectivity index (χ0v) is 7.38. The molecule has 0 bridgehead atoms. The van der Waals surface area contributed by atoms with Crippen molar-refractivity contribution in [1.29, 1.82) is 0 Å². The van der Waals surface area contributed by atoms with Gasteiger partial charge in [0.2, 0.25) is 0 Å². The van der Waals surface area contributed by atoms with Crippen LogP contribution in [0.1, 0.15) is 30.9 Å². The molecule has 0 aliphatic rings. The van der Waals surface area contributed by atoms with Gasteiger partial charge in [-0.1, -0.05) is 38.1 Å². The van der Waals surface area contributed by atoms with Crippen molar-refractivity contribution in [2.75, 3.05) is 0 Å². The fourth-order valence-electron chi connectivity index (χ4n) is 1.06. The fourth-order valence-corrected chi connectivity index (χ4v) is 1.06. The van der Waals surface area contributed by atoms with Crippen LogP contribution in [0.3, 0.4) is 0 Å². The molecule has 0 fully saturated rings. The molecule has 0 spiro atoms. The van der Waals surface area contributed by atoms with Gasteiger partial charge in [0.25, 0.3) is 0 Å². The topological polar surface area (TPSA) is 9.23 Å². The maximum atomic E-state index is 11.4. The van der Waals surface area contributed by atoms with E-state index in [4.69, 9.17) is 0 Å². The van der Waals surface area contributed by atoms with Gasteiger partial charge in [0.1, 0.15) is 6.61 Å². The lowest BCUT2D eigenvalue weighted by Crippen LogP contribution is -1.89. The molecule has 0 heterocycles. The lowest BCUT2D eigenvalue weighted by atomic mass is 10.0. The number of rotatable bonds is 3. The van der Waals surface area contributed by atoms with Crippen LogP contribution in [0.4, 0.5) is 4.53 Å². The predicted octanol–water partition coefficient (Wildman–Crippen LogP) is 3.21. The van der Waals surface area contributed by atoms with Crippen molar-refractivity contribution in [3.63, 3.8) is 0 Å². The molecule has 0 saturated carbocycles. The van der Waals surface area contributed by atoms with Gasteiger partial charge in [0.15, 0.2) is 0 Å². The first-order valence-corrected chi connectivity index (χ1v) is 4.06. The summed E-state index contributed by atoms with van der Waals surface area (Å²) in [6.07, 6.45) is 0. The Labute approximate surface area is 72.1 Å². The van der Waals surface area contributed by atoms with Gasteiger partial charge in [-0.15, -0.1) is 0 Å². The third-order valence-electron chi connectivity index (χ3n) is 1.87. The van der Waals surface area contributed by atoms with Gasteiger partial charge in [-0.2, -0.15) is 4.94 Å². The van der Waals surface area contributed by atoms with Crippen LogP contribution in [0.15, 0.2) is 24.3 Å². The Kier molecular flexibility index (Phi) is 3.23. The molecular weight excluding hydrogens is 155 g/mol. The standard InChI is InChI=1S/C10H13FO/c1-8(2)10-5-3-9(4-6-10)7-12-11/h3-6,8H,7H2,1-2H3. The third kappa shape index (κ3) is 2.31. The first-order valence-electron chi connectivity index (χ1n) is 4.06. The summed E-state index contributed by atoms with van der Waals surface area (Å²) in [5.41, 5.74) is 2.12. The monoisotopic (exact) mass is 168 g/mol. The van der Waals surface area contributed by atoms with Crippen LogP contribution in [-0.2, 0) is 11.5 Å². The second-order valence-corrected chi connectivity index (χ2v) is 3.15. The highest BCUT2D eigenvalue weighted by Gasteiger charge is 1.98. The molecular formula is C10H13FO. The third-order valence-corrected chi connectivity index (χ3v) is 1.87. The SMILES string of the molecule is CC(C)c1ccc(COF)cc1. The molecule has 12 heavy (non-hydrogen) atoms. The molecule has 0 atom stereocenters. The Morgan fingerprint density at radius 3 is 2.25 bits per heavy atom. The normalized spacial score (nSPS) is 10.7. The van der Waals surface area contributed by atoms with E-state index in [9.17, 15) is 4.53 Å². The molecule has 0 aromatic heterocycles. The van der Waals surface area contributed by atoms with Crippen LogP contribution in [0, 0.1) is 0 Å². The summed E-state index contributed by atoms with van der Waals surface area (Å²) in [4.78, 5) is 3.53. The molecule has 0 unspecified atom stereocenters. The van der Waals surface area contributed by atoms with Gasteiger partial charge >= 0.3 is 0 Å². The summed E-state index contributed by atoms with van der Waals surface area (Å²) in [5, 5.41) is 0. The van der Waals surface area contributed by atoms with Crippen molar-refractivity contribution in [3.8, 4) is 0 Å². The molecule has 1 rings (SSSR count). The van der Waals surface area contributed by atoms with E-state index in [1.54, 1.807) is 0 Å². The van der Waals surface area contributed by atoms with Crippen molar-refractivity contribution in [1.82, 2.24) is 0 Å². The van der Waals surface area contributed by atoms with Crippen LogP contribution >= 0.6 is 0 Å². The Hall–Kier alpha value is -0.890. The number of benzene rings is 1. The zero-order chi connectivity index (χ0) is 8.97. The van der Waals surface area contributed by atoms with Gasteiger partial charge in [0, 0.05) is 0 Å². The summed E-state index contributed by atoms with van der Waals surface area (Å²) in [6, 6.07) is 7.77. The van der Waals surface area contributed by atoms with Crippen LogP contribution in [-0.4, -0.2) is 0 Å². The molecule has 1 aromatic carbocycles. The van der Waals surface area contributed by atoms with E-state index >= 15 is 0 Å². The van der Waals surface area contributed by atoms with Crippen molar-refractivity contribution >= 4 is 0 Å². The van der Waals surface area contributed by atoms with Gasteiger partial charge in [-0.05, 0) is 21.6 Å². The molecule has 0 radical (unpaired) electrons. The van der Waals surface area contributed by atoms with Crippen molar-refractivity contribution in [2.45, 2.75) is 26.4 Å². The van der Waals surface area contributed by atoms with Crippen LogP contribution < -0.4 is 0 Å². The van der Waals surface area contributed by atoms with Crippen LogP contribution in [0.2, 0.25) is 0 Å². The Bertz CT molecular complexity index is 228. The minimum absolute atomic E-state index is 0.0401. The lowest BCUT2D eigenvalue weighted by molar-refractivity contribution is -0.144. The lowest BCUT2D eigenvalue weighted by Gasteiger charge is -2.04. The molecule has 66 valence electrons. The maximum absolute atomic E-state index is 11.4.